The summed E-state index contributed by atoms with van der Waals surface area (Å²) < 4.78 is 16.2. The fraction of sp³-hybridized carbons (Fsp3) is 0.588. The Morgan fingerprint density at radius 2 is 2.08 bits per heavy atom. The first-order valence-electron chi connectivity index (χ1n) is 8.14. The molecule has 7 nitrogen and oxygen atoms in total. The SMILES string of the molecule is COc1ccc(OC)c2c1CN(C(=O)CC1COCCN1)CC2O.Cl. The molecule has 2 heterocycles. The van der Waals surface area contributed by atoms with Crippen LogP contribution in [0.25, 0.3) is 0 Å². The van der Waals surface area contributed by atoms with Crippen LogP contribution in [0.15, 0.2) is 12.1 Å². The lowest BCUT2D eigenvalue weighted by Crippen LogP contribution is -2.46. The molecule has 0 aromatic heterocycles. The minimum atomic E-state index is -0.793. The molecule has 8 heteroatoms. The number of nitrogens with zero attached hydrogens (tertiary/aromatic N) is 1. The Morgan fingerprint density at radius 3 is 2.72 bits per heavy atom. The van der Waals surface area contributed by atoms with Gasteiger partial charge in [0.15, 0.2) is 0 Å². The van der Waals surface area contributed by atoms with E-state index in [4.69, 9.17) is 14.2 Å². The maximum atomic E-state index is 12.6. The average Bonchev–Trinajstić information content (AvgIpc) is 2.61. The van der Waals surface area contributed by atoms with Gasteiger partial charge in [-0.15, -0.1) is 12.4 Å². The first-order chi connectivity index (χ1) is 11.6. The molecule has 25 heavy (non-hydrogen) atoms. The fourth-order valence-electron chi connectivity index (χ4n) is 3.36. The van der Waals surface area contributed by atoms with Gasteiger partial charge in [0.05, 0.1) is 34.0 Å². The van der Waals surface area contributed by atoms with Crippen molar-refractivity contribution < 1.29 is 24.1 Å². The summed E-state index contributed by atoms with van der Waals surface area (Å²) in [5.74, 6) is 1.27. The van der Waals surface area contributed by atoms with Crippen molar-refractivity contribution >= 4 is 18.3 Å². The topological polar surface area (TPSA) is 80.3 Å². The summed E-state index contributed by atoms with van der Waals surface area (Å²) in [7, 11) is 3.15. The van der Waals surface area contributed by atoms with Gasteiger partial charge in [0.25, 0.3) is 0 Å². The van der Waals surface area contributed by atoms with Crippen LogP contribution in [-0.2, 0) is 16.1 Å². The number of fused-ring (bicyclic) bond motifs is 1. The van der Waals surface area contributed by atoms with E-state index in [1.54, 1.807) is 31.3 Å². The highest BCUT2D eigenvalue weighted by atomic mass is 35.5. The zero-order valence-electron chi connectivity index (χ0n) is 14.5. The van der Waals surface area contributed by atoms with Crippen LogP contribution < -0.4 is 14.8 Å². The molecule has 2 N–H and O–H groups in total. The Hall–Kier alpha value is -1.54. The number of rotatable bonds is 4. The van der Waals surface area contributed by atoms with Crippen LogP contribution in [0.1, 0.15) is 23.7 Å². The Kier molecular flexibility index (Phi) is 6.89. The Balaban J connectivity index is 0.00000225. The molecule has 1 amide bonds. The summed E-state index contributed by atoms with van der Waals surface area (Å²) in [5.41, 5.74) is 1.51. The third-order valence-corrected chi connectivity index (χ3v) is 4.56. The molecule has 1 fully saturated rings. The third kappa shape index (κ3) is 4.17. The maximum absolute atomic E-state index is 12.6. The largest absolute Gasteiger partial charge is 0.496 e. The molecular formula is C17H25ClN2O5. The van der Waals surface area contributed by atoms with Gasteiger partial charge in [0.2, 0.25) is 5.91 Å². The lowest BCUT2D eigenvalue weighted by atomic mass is 9.94. The van der Waals surface area contributed by atoms with Gasteiger partial charge in [0.1, 0.15) is 17.6 Å². The van der Waals surface area contributed by atoms with Gasteiger partial charge in [-0.25, -0.2) is 0 Å². The van der Waals surface area contributed by atoms with Crippen LogP contribution >= 0.6 is 12.4 Å². The van der Waals surface area contributed by atoms with E-state index in [1.807, 2.05) is 0 Å². The van der Waals surface area contributed by atoms with Gasteiger partial charge >= 0.3 is 0 Å². The number of aliphatic hydroxyl groups is 1. The summed E-state index contributed by atoms with van der Waals surface area (Å²) in [6, 6.07) is 3.60. The molecule has 0 bridgehead atoms. The maximum Gasteiger partial charge on any atom is 0.224 e. The van der Waals surface area contributed by atoms with Gasteiger partial charge in [-0.1, -0.05) is 0 Å². The summed E-state index contributed by atoms with van der Waals surface area (Å²) >= 11 is 0. The second-order valence-corrected chi connectivity index (χ2v) is 6.08. The van der Waals surface area contributed by atoms with E-state index in [9.17, 15) is 9.90 Å². The fourth-order valence-corrected chi connectivity index (χ4v) is 3.36. The van der Waals surface area contributed by atoms with E-state index in [-0.39, 0.29) is 30.9 Å². The number of benzene rings is 1. The number of morpholine rings is 1. The number of ether oxygens (including phenoxy) is 3. The molecule has 0 aliphatic carbocycles. The Bertz CT molecular complexity index is 607. The van der Waals surface area contributed by atoms with Crippen molar-refractivity contribution in [3.8, 4) is 11.5 Å². The standard InChI is InChI=1S/C17H24N2O5.ClH/c1-22-14-3-4-15(23-2)17-12(14)8-19(9-13(17)20)16(21)7-11-10-24-6-5-18-11;/h3-4,11,13,18,20H,5-10H2,1-2H3;1H. The van der Waals surface area contributed by atoms with Crippen molar-refractivity contribution in [2.45, 2.75) is 25.1 Å². The summed E-state index contributed by atoms with van der Waals surface area (Å²) in [6.07, 6.45) is -0.438. The number of nitrogens with one attached hydrogen (secondary N) is 1. The van der Waals surface area contributed by atoms with Crippen molar-refractivity contribution in [2.75, 3.05) is 40.5 Å². The molecule has 1 aromatic carbocycles. The molecule has 0 saturated carbocycles. The molecule has 0 radical (unpaired) electrons. The third-order valence-electron chi connectivity index (χ3n) is 4.56. The number of amides is 1. The molecule has 2 aliphatic heterocycles. The first kappa shape index (κ1) is 19.8. The number of carbonyl (C=O) groups is 1. The molecule has 2 unspecified atom stereocenters. The summed E-state index contributed by atoms with van der Waals surface area (Å²) in [6.45, 7) is 2.63. The summed E-state index contributed by atoms with van der Waals surface area (Å²) in [5, 5.41) is 13.8. The molecule has 2 aliphatic rings. The highest BCUT2D eigenvalue weighted by molar-refractivity contribution is 5.85. The molecule has 3 rings (SSSR count). The van der Waals surface area contributed by atoms with E-state index in [2.05, 4.69) is 5.32 Å². The van der Waals surface area contributed by atoms with E-state index in [1.165, 1.54) is 0 Å². The van der Waals surface area contributed by atoms with Crippen LogP contribution in [0.4, 0.5) is 0 Å². The van der Waals surface area contributed by atoms with Crippen molar-refractivity contribution in [1.29, 1.82) is 0 Å². The lowest BCUT2D eigenvalue weighted by molar-refractivity contribution is -0.135. The van der Waals surface area contributed by atoms with Gasteiger partial charge in [-0.05, 0) is 12.1 Å². The molecule has 2 atom stereocenters. The Morgan fingerprint density at radius 1 is 1.36 bits per heavy atom. The van der Waals surface area contributed by atoms with Crippen LogP contribution in [0.5, 0.6) is 11.5 Å². The predicted octanol–water partition coefficient (Wildman–Crippen LogP) is 0.880. The van der Waals surface area contributed by atoms with Crippen molar-refractivity contribution in [1.82, 2.24) is 10.2 Å². The van der Waals surface area contributed by atoms with Crippen LogP contribution in [-0.4, -0.2) is 62.5 Å². The quantitative estimate of drug-likeness (QED) is 0.816. The average molecular weight is 373 g/mol. The summed E-state index contributed by atoms with van der Waals surface area (Å²) in [4.78, 5) is 14.3. The molecule has 1 aromatic rings. The predicted molar refractivity (Wildman–Crippen MR) is 94.4 cm³/mol. The number of halogens is 1. The van der Waals surface area contributed by atoms with Gasteiger partial charge in [0, 0.05) is 36.7 Å². The smallest absolute Gasteiger partial charge is 0.224 e. The number of hydrogen-bond acceptors (Lipinski definition) is 6. The molecule has 0 spiro atoms. The van der Waals surface area contributed by atoms with Gasteiger partial charge in [-0.3, -0.25) is 4.79 Å². The second kappa shape index (κ2) is 8.71. The van der Waals surface area contributed by atoms with Crippen molar-refractivity contribution in [3.63, 3.8) is 0 Å². The van der Waals surface area contributed by atoms with E-state index in [0.29, 0.717) is 43.2 Å². The molecule has 1 saturated heterocycles. The zero-order chi connectivity index (χ0) is 17.1. The number of aliphatic hydroxyl groups excluding tert-OH is 1. The van der Waals surface area contributed by atoms with E-state index < -0.39 is 6.10 Å². The second-order valence-electron chi connectivity index (χ2n) is 6.08. The number of hydrogen-bond donors (Lipinski definition) is 2. The number of methoxy groups -OCH3 is 2. The molecule has 140 valence electrons. The monoisotopic (exact) mass is 372 g/mol. The van der Waals surface area contributed by atoms with E-state index in [0.717, 1.165) is 12.1 Å². The normalized spacial score (nSPS) is 22.6. The lowest BCUT2D eigenvalue weighted by Gasteiger charge is -2.35. The highest BCUT2D eigenvalue weighted by Gasteiger charge is 2.32. The van der Waals surface area contributed by atoms with E-state index >= 15 is 0 Å². The molecular weight excluding hydrogens is 348 g/mol. The van der Waals surface area contributed by atoms with Gasteiger partial charge in [-0.2, -0.15) is 0 Å². The van der Waals surface area contributed by atoms with Gasteiger partial charge < -0.3 is 29.5 Å². The minimum Gasteiger partial charge on any atom is -0.496 e. The number of β-amino-alcohol motifs (C(OH)–C–C–N with tert-alkyl or cyclic N) is 1. The number of carbonyl (C=O) groups excluding carboxylic acids is 1. The zero-order valence-corrected chi connectivity index (χ0v) is 15.3. The van der Waals surface area contributed by atoms with Crippen LogP contribution in [0.2, 0.25) is 0 Å². The van der Waals surface area contributed by atoms with Crippen molar-refractivity contribution in [2.24, 2.45) is 0 Å². The minimum absolute atomic E-state index is 0. The van der Waals surface area contributed by atoms with Crippen LogP contribution in [0, 0.1) is 0 Å². The van der Waals surface area contributed by atoms with Crippen LogP contribution in [0.3, 0.4) is 0 Å². The first-order valence-corrected chi connectivity index (χ1v) is 8.14. The van der Waals surface area contributed by atoms with Crippen molar-refractivity contribution in [3.05, 3.63) is 23.3 Å². The highest BCUT2D eigenvalue weighted by Crippen LogP contribution is 2.39. The Labute approximate surface area is 153 Å².